The maximum absolute atomic E-state index is 12.5. The topological polar surface area (TPSA) is 91.3 Å². The Labute approximate surface area is 162 Å². The van der Waals surface area contributed by atoms with Crippen molar-refractivity contribution >= 4 is 11.9 Å². The zero-order valence-electron chi connectivity index (χ0n) is 15.4. The summed E-state index contributed by atoms with van der Waals surface area (Å²) in [6.07, 6.45) is -4.40. The summed E-state index contributed by atoms with van der Waals surface area (Å²) in [5, 5.41) is 10.6. The van der Waals surface area contributed by atoms with Gasteiger partial charge in [-0.25, -0.2) is 4.79 Å². The number of rotatable bonds is 6. The molecule has 1 heterocycles. The van der Waals surface area contributed by atoms with E-state index >= 15 is 0 Å². The smallest absolute Gasteiger partial charge is 0.338 e. The molecule has 1 aliphatic rings. The van der Waals surface area contributed by atoms with E-state index in [0.29, 0.717) is 5.56 Å². The van der Waals surface area contributed by atoms with Gasteiger partial charge < -0.3 is 24.1 Å². The van der Waals surface area contributed by atoms with Gasteiger partial charge in [-0.15, -0.1) is 0 Å². The molecule has 1 aliphatic heterocycles. The number of esters is 2. The number of carbonyl (C=O) groups excluding carboxylic acids is 2. The van der Waals surface area contributed by atoms with E-state index in [4.69, 9.17) is 18.9 Å². The zero-order valence-corrected chi connectivity index (χ0v) is 15.4. The van der Waals surface area contributed by atoms with Crippen molar-refractivity contribution in [1.29, 1.82) is 0 Å². The van der Waals surface area contributed by atoms with Gasteiger partial charge in [0.05, 0.1) is 18.8 Å². The lowest BCUT2D eigenvalue weighted by Gasteiger charge is -2.38. The molecule has 7 heteroatoms. The van der Waals surface area contributed by atoms with Gasteiger partial charge in [0.15, 0.2) is 18.5 Å². The molecule has 1 fully saturated rings. The average Bonchev–Trinajstić information content (AvgIpc) is 2.71. The predicted molar refractivity (Wildman–Crippen MR) is 98.2 cm³/mol. The van der Waals surface area contributed by atoms with Gasteiger partial charge in [-0.05, 0) is 17.7 Å². The van der Waals surface area contributed by atoms with E-state index in [0.717, 1.165) is 5.56 Å². The molecule has 0 aromatic heterocycles. The third kappa shape index (κ3) is 5.16. The molecule has 1 saturated heterocycles. The van der Waals surface area contributed by atoms with Gasteiger partial charge in [0.2, 0.25) is 0 Å². The monoisotopic (exact) mass is 386 g/mol. The second kappa shape index (κ2) is 9.45. The highest BCUT2D eigenvalue weighted by Crippen LogP contribution is 2.24. The molecular weight excluding hydrogens is 364 g/mol. The van der Waals surface area contributed by atoms with Crippen molar-refractivity contribution in [3.63, 3.8) is 0 Å². The molecular formula is C21H22O7. The lowest BCUT2D eigenvalue weighted by atomic mass is 10.0. The van der Waals surface area contributed by atoms with E-state index in [1.54, 1.807) is 30.3 Å². The first kappa shape index (κ1) is 20.0. The van der Waals surface area contributed by atoms with E-state index in [9.17, 15) is 14.7 Å². The fraction of sp³-hybridized carbons (Fsp3) is 0.333. The molecule has 0 unspecified atom stereocenters. The number of hydrogen-bond donors (Lipinski definition) is 1. The number of aliphatic hydroxyl groups excluding tert-OH is 1. The second-order valence-electron chi connectivity index (χ2n) is 6.37. The Kier molecular flexibility index (Phi) is 6.76. The summed E-state index contributed by atoms with van der Waals surface area (Å²) in [5.41, 5.74) is 1.22. The standard InChI is InChI=1S/C21H22O7/c1-14(22)27-17-13-26-21(25-12-15-8-4-2-5-9-15)19(18(17)23)28-20(24)16-10-6-3-7-11-16/h2-11,17-19,21,23H,12-13H2,1H3/t17-,18-,19+,21-/m0/s1. The predicted octanol–water partition coefficient (Wildman–Crippen LogP) is 2.08. The fourth-order valence-corrected chi connectivity index (χ4v) is 2.86. The van der Waals surface area contributed by atoms with Gasteiger partial charge in [-0.3, -0.25) is 4.79 Å². The lowest BCUT2D eigenvalue weighted by molar-refractivity contribution is -0.275. The van der Waals surface area contributed by atoms with E-state index in [-0.39, 0.29) is 13.2 Å². The molecule has 2 aromatic rings. The van der Waals surface area contributed by atoms with Crippen molar-refractivity contribution in [2.24, 2.45) is 0 Å². The minimum absolute atomic E-state index is 0.0699. The van der Waals surface area contributed by atoms with Crippen molar-refractivity contribution in [1.82, 2.24) is 0 Å². The number of carbonyl (C=O) groups is 2. The van der Waals surface area contributed by atoms with Crippen molar-refractivity contribution in [3.8, 4) is 0 Å². The normalized spacial score (nSPS) is 24.4. The minimum atomic E-state index is -1.29. The molecule has 0 bridgehead atoms. The summed E-state index contributed by atoms with van der Waals surface area (Å²) < 4.78 is 21.9. The van der Waals surface area contributed by atoms with Crippen LogP contribution in [-0.2, 0) is 30.3 Å². The Bertz CT molecular complexity index is 778. The molecule has 2 aromatic carbocycles. The van der Waals surface area contributed by atoms with Crippen LogP contribution in [0.1, 0.15) is 22.8 Å². The van der Waals surface area contributed by atoms with Gasteiger partial charge in [-0.1, -0.05) is 48.5 Å². The summed E-state index contributed by atoms with van der Waals surface area (Å²) in [5.74, 6) is -1.20. The fourth-order valence-electron chi connectivity index (χ4n) is 2.86. The Balaban J connectivity index is 1.73. The SMILES string of the molecule is CC(=O)O[C@H]1CO[C@H](OCc2ccccc2)[C@H](OC(=O)c2ccccc2)[C@H]1O. The summed E-state index contributed by atoms with van der Waals surface area (Å²) in [6.45, 7) is 1.37. The van der Waals surface area contributed by atoms with Crippen molar-refractivity contribution in [3.05, 3.63) is 71.8 Å². The molecule has 0 saturated carbocycles. The van der Waals surface area contributed by atoms with Gasteiger partial charge in [0, 0.05) is 6.92 Å². The van der Waals surface area contributed by atoms with Crippen molar-refractivity contribution in [2.45, 2.75) is 38.1 Å². The van der Waals surface area contributed by atoms with E-state index in [1.807, 2.05) is 30.3 Å². The highest BCUT2D eigenvalue weighted by atomic mass is 16.7. The molecule has 148 valence electrons. The molecule has 1 N–H and O–H groups in total. The van der Waals surface area contributed by atoms with E-state index in [1.165, 1.54) is 6.92 Å². The first-order valence-electron chi connectivity index (χ1n) is 8.93. The van der Waals surface area contributed by atoms with Crippen LogP contribution in [0, 0.1) is 0 Å². The van der Waals surface area contributed by atoms with Crippen LogP contribution in [0.3, 0.4) is 0 Å². The van der Waals surface area contributed by atoms with Gasteiger partial charge in [0.25, 0.3) is 0 Å². The van der Waals surface area contributed by atoms with Crippen LogP contribution in [0.5, 0.6) is 0 Å². The second-order valence-corrected chi connectivity index (χ2v) is 6.37. The lowest BCUT2D eigenvalue weighted by Crippen LogP contribution is -2.56. The number of ether oxygens (including phenoxy) is 4. The molecule has 3 rings (SSSR count). The Hall–Kier alpha value is -2.74. The Morgan fingerprint density at radius 1 is 1.04 bits per heavy atom. The molecule has 0 amide bonds. The van der Waals surface area contributed by atoms with E-state index in [2.05, 4.69) is 0 Å². The highest BCUT2D eigenvalue weighted by molar-refractivity contribution is 5.89. The quantitative estimate of drug-likeness (QED) is 0.760. The molecule has 0 radical (unpaired) electrons. The van der Waals surface area contributed by atoms with Crippen molar-refractivity contribution in [2.75, 3.05) is 6.61 Å². The van der Waals surface area contributed by atoms with Crippen LogP contribution in [0.2, 0.25) is 0 Å². The van der Waals surface area contributed by atoms with Crippen LogP contribution < -0.4 is 0 Å². The molecule has 0 aliphatic carbocycles. The molecule has 7 nitrogen and oxygen atoms in total. The first-order valence-corrected chi connectivity index (χ1v) is 8.93. The number of hydrogen-bond acceptors (Lipinski definition) is 7. The van der Waals surface area contributed by atoms with Crippen LogP contribution in [-0.4, -0.2) is 48.3 Å². The van der Waals surface area contributed by atoms with Gasteiger partial charge in [-0.2, -0.15) is 0 Å². The average molecular weight is 386 g/mol. The minimum Gasteiger partial charge on any atom is -0.457 e. The van der Waals surface area contributed by atoms with Crippen LogP contribution in [0.15, 0.2) is 60.7 Å². The third-order valence-corrected chi connectivity index (χ3v) is 4.24. The van der Waals surface area contributed by atoms with Gasteiger partial charge in [0.1, 0.15) is 6.10 Å². The van der Waals surface area contributed by atoms with Crippen LogP contribution in [0.4, 0.5) is 0 Å². The summed E-state index contributed by atoms with van der Waals surface area (Å²) >= 11 is 0. The number of aliphatic hydroxyl groups is 1. The number of benzene rings is 2. The Morgan fingerprint density at radius 2 is 1.68 bits per heavy atom. The molecule has 0 spiro atoms. The molecule has 4 atom stereocenters. The van der Waals surface area contributed by atoms with Crippen LogP contribution >= 0.6 is 0 Å². The maximum atomic E-state index is 12.5. The van der Waals surface area contributed by atoms with Gasteiger partial charge >= 0.3 is 11.9 Å². The largest absolute Gasteiger partial charge is 0.457 e. The summed E-state index contributed by atoms with van der Waals surface area (Å²) in [4.78, 5) is 23.7. The molecule has 28 heavy (non-hydrogen) atoms. The maximum Gasteiger partial charge on any atom is 0.338 e. The third-order valence-electron chi connectivity index (χ3n) is 4.24. The summed E-state index contributed by atoms with van der Waals surface area (Å²) in [7, 11) is 0. The summed E-state index contributed by atoms with van der Waals surface area (Å²) in [6, 6.07) is 17.8. The van der Waals surface area contributed by atoms with Crippen molar-refractivity contribution < 1.29 is 33.6 Å². The zero-order chi connectivity index (χ0) is 19.9. The van der Waals surface area contributed by atoms with Crippen LogP contribution in [0.25, 0.3) is 0 Å². The highest BCUT2D eigenvalue weighted by Gasteiger charge is 2.44. The van der Waals surface area contributed by atoms with E-state index < -0.39 is 36.5 Å². The Morgan fingerprint density at radius 3 is 2.32 bits per heavy atom. The first-order chi connectivity index (χ1) is 13.5.